The summed E-state index contributed by atoms with van der Waals surface area (Å²) in [6, 6.07) is 6.07. The summed E-state index contributed by atoms with van der Waals surface area (Å²) < 4.78 is 0. The molecule has 1 aromatic heterocycles. The highest BCUT2D eigenvalue weighted by Crippen LogP contribution is 2.11. The number of thiazole rings is 1. The highest BCUT2D eigenvalue weighted by molar-refractivity contribution is 7.09. The van der Waals surface area contributed by atoms with Crippen molar-refractivity contribution < 1.29 is 14.7 Å². The van der Waals surface area contributed by atoms with Gasteiger partial charge in [0, 0.05) is 29.2 Å². The van der Waals surface area contributed by atoms with Crippen LogP contribution in [-0.4, -0.2) is 34.6 Å². The molecule has 1 heterocycles. The Bertz CT molecular complexity index is 668. The highest BCUT2D eigenvalue weighted by Gasteiger charge is 2.14. The molecule has 1 atom stereocenters. The average Bonchev–Trinajstić information content (AvgIpc) is 3.07. The zero-order valence-corrected chi connectivity index (χ0v) is 13.2. The molecule has 120 valence electrons. The van der Waals surface area contributed by atoms with E-state index in [0.29, 0.717) is 17.7 Å². The first-order valence-corrected chi connectivity index (χ1v) is 7.84. The molecule has 23 heavy (non-hydrogen) atoms. The lowest BCUT2D eigenvalue weighted by molar-refractivity contribution is -0.111. The van der Waals surface area contributed by atoms with Crippen LogP contribution >= 0.6 is 11.3 Å². The normalized spacial score (nSPS) is 11.5. The van der Waals surface area contributed by atoms with Gasteiger partial charge in [0.2, 0.25) is 5.91 Å². The van der Waals surface area contributed by atoms with Gasteiger partial charge < -0.3 is 15.7 Å². The molecule has 6 nitrogen and oxygen atoms in total. The van der Waals surface area contributed by atoms with Crippen LogP contribution in [-0.2, 0) is 11.2 Å². The fourth-order valence-corrected chi connectivity index (χ4v) is 2.59. The van der Waals surface area contributed by atoms with Crippen molar-refractivity contribution in [3.05, 3.63) is 59.1 Å². The number of aromatic nitrogens is 1. The van der Waals surface area contributed by atoms with Crippen molar-refractivity contribution in [1.29, 1.82) is 0 Å². The van der Waals surface area contributed by atoms with Gasteiger partial charge in [0.1, 0.15) is 0 Å². The van der Waals surface area contributed by atoms with Crippen LogP contribution in [0.25, 0.3) is 0 Å². The van der Waals surface area contributed by atoms with Crippen LogP contribution in [0.1, 0.15) is 15.4 Å². The first-order valence-electron chi connectivity index (χ1n) is 6.96. The third kappa shape index (κ3) is 5.01. The second-order valence-corrected chi connectivity index (χ2v) is 5.73. The Hall–Kier alpha value is -2.51. The average molecular weight is 331 g/mol. The van der Waals surface area contributed by atoms with Crippen molar-refractivity contribution >= 4 is 28.8 Å². The van der Waals surface area contributed by atoms with Gasteiger partial charge in [0.25, 0.3) is 5.91 Å². The van der Waals surface area contributed by atoms with Gasteiger partial charge in [-0.05, 0) is 30.3 Å². The Kier molecular flexibility index (Phi) is 6.02. The molecule has 2 rings (SSSR count). The number of carbonyl (C=O) groups is 2. The van der Waals surface area contributed by atoms with Crippen molar-refractivity contribution in [1.82, 2.24) is 10.3 Å². The third-order valence-electron chi connectivity index (χ3n) is 3.06. The van der Waals surface area contributed by atoms with Gasteiger partial charge in [0.15, 0.2) is 0 Å². The van der Waals surface area contributed by atoms with E-state index in [4.69, 9.17) is 0 Å². The van der Waals surface area contributed by atoms with Crippen LogP contribution in [0.3, 0.4) is 0 Å². The smallest absolute Gasteiger partial charge is 0.251 e. The van der Waals surface area contributed by atoms with Gasteiger partial charge in [-0.2, -0.15) is 0 Å². The topological polar surface area (TPSA) is 91.3 Å². The molecule has 0 bridgehead atoms. The molecular weight excluding hydrogens is 314 g/mol. The molecule has 0 aliphatic rings. The van der Waals surface area contributed by atoms with E-state index < -0.39 is 6.04 Å². The van der Waals surface area contributed by atoms with E-state index in [-0.39, 0.29) is 18.4 Å². The number of aliphatic hydroxyl groups is 1. The summed E-state index contributed by atoms with van der Waals surface area (Å²) in [5.74, 6) is -0.604. The number of amides is 2. The molecule has 0 saturated heterocycles. The van der Waals surface area contributed by atoms with Crippen LogP contribution < -0.4 is 10.6 Å². The van der Waals surface area contributed by atoms with Crippen LogP contribution in [0.4, 0.5) is 5.69 Å². The van der Waals surface area contributed by atoms with E-state index in [9.17, 15) is 14.7 Å². The Labute approximate surface area is 137 Å². The molecular formula is C16H17N3O3S. The molecule has 3 N–H and O–H groups in total. The van der Waals surface area contributed by atoms with E-state index in [1.165, 1.54) is 17.4 Å². The van der Waals surface area contributed by atoms with Crippen molar-refractivity contribution in [3.8, 4) is 0 Å². The standard InChI is InChI=1S/C16H17N3O3S/c1-2-14(21)18-12-5-3-11(4-6-12)16(22)19-13(10-20)9-15-17-7-8-23-15/h2-8,13,20H,1,9-10H2,(H,18,21)(H,19,22). The summed E-state index contributed by atoms with van der Waals surface area (Å²) in [7, 11) is 0. The first-order chi connectivity index (χ1) is 11.1. The second kappa shape index (κ2) is 8.21. The van der Waals surface area contributed by atoms with Gasteiger partial charge in [-0.3, -0.25) is 9.59 Å². The second-order valence-electron chi connectivity index (χ2n) is 4.75. The van der Waals surface area contributed by atoms with E-state index in [1.807, 2.05) is 5.38 Å². The quantitative estimate of drug-likeness (QED) is 0.672. The maximum absolute atomic E-state index is 12.2. The van der Waals surface area contributed by atoms with Crippen molar-refractivity contribution in [2.75, 3.05) is 11.9 Å². The Morgan fingerprint density at radius 3 is 2.65 bits per heavy atom. The number of nitrogens with zero attached hydrogens (tertiary/aromatic N) is 1. The van der Waals surface area contributed by atoms with Crippen LogP contribution in [0.5, 0.6) is 0 Å². The lowest BCUT2D eigenvalue weighted by atomic mass is 10.1. The summed E-state index contributed by atoms with van der Waals surface area (Å²) in [5, 5.41) is 17.5. The summed E-state index contributed by atoms with van der Waals surface area (Å²) >= 11 is 1.48. The molecule has 0 aliphatic carbocycles. The van der Waals surface area contributed by atoms with Crippen molar-refractivity contribution in [2.24, 2.45) is 0 Å². The van der Waals surface area contributed by atoms with E-state index >= 15 is 0 Å². The number of nitrogens with one attached hydrogen (secondary N) is 2. The third-order valence-corrected chi connectivity index (χ3v) is 3.86. The molecule has 0 saturated carbocycles. The SMILES string of the molecule is C=CC(=O)Nc1ccc(C(=O)NC(CO)Cc2nccs2)cc1. The summed E-state index contributed by atoms with van der Waals surface area (Å²) in [5.41, 5.74) is 1.02. The summed E-state index contributed by atoms with van der Waals surface area (Å²) in [6.45, 7) is 3.20. The van der Waals surface area contributed by atoms with E-state index in [0.717, 1.165) is 5.01 Å². The Morgan fingerprint density at radius 2 is 2.09 bits per heavy atom. The van der Waals surface area contributed by atoms with E-state index in [2.05, 4.69) is 22.2 Å². The number of carbonyl (C=O) groups excluding carboxylic acids is 2. The minimum Gasteiger partial charge on any atom is -0.394 e. The fraction of sp³-hybridized carbons (Fsp3) is 0.188. The maximum Gasteiger partial charge on any atom is 0.251 e. The number of aliphatic hydroxyl groups excluding tert-OH is 1. The summed E-state index contributed by atoms with van der Waals surface area (Å²) in [4.78, 5) is 27.5. The lowest BCUT2D eigenvalue weighted by Crippen LogP contribution is -2.39. The first kappa shape index (κ1) is 16.9. The summed E-state index contributed by atoms with van der Waals surface area (Å²) in [6.07, 6.45) is 3.34. The molecule has 0 radical (unpaired) electrons. The van der Waals surface area contributed by atoms with Gasteiger partial charge in [0.05, 0.1) is 17.7 Å². The predicted octanol–water partition coefficient (Wildman–Crippen LogP) is 1.60. The minimum absolute atomic E-state index is 0.168. The molecule has 0 fully saturated rings. The monoisotopic (exact) mass is 331 g/mol. The van der Waals surface area contributed by atoms with Crippen molar-refractivity contribution in [2.45, 2.75) is 12.5 Å². The van der Waals surface area contributed by atoms with Crippen molar-refractivity contribution in [3.63, 3.8) is 0 Å². The predicted molar refractivity (Wildman–Crippen MR) is 89.4 cm³/mol. The zero-order chi connectivity index (χ0) is 16.7. The molecule has 0 aliphatic heterocycles. The zero-order valence-electron chi connectivity index (χ0n) is 12.4. The molecule has 2 amide bonds. The number of hydrogen-bond acceptors (Lipinski definition) is 5. The lowest BCUT2D eigenvalue weighted by Gasteiger charge is -2.15. The number of rotatable bonds is 7. The number of benzene rings is 1. The van der Waals surface area contributed by atoms with Crippen LogP contribution in [0, 0.1) is 0 Å². The highest BCUT2D eigenvalue weighted by atomic mass is 32.1. The van der Waals surface area contributed by atoms with Gasteiger partial charge in [-0.25, -0.2) is 4.98 Å². The molecule has 7 heteroatoms. The number of anilines is 1. The molecule has 2 aromatic rings. The van der Waals surface area contributed by atoms with Crippen LogP contribution in [0.15, 0.2) is 48.5 Å². The Morgan fingerprint density at radius 1 is 1.35 bits per heavy atom. The largest absolute Gasteiger partial charge is 0.394 e. The van der Waals surface area contributed by atoms with Gasteiger partial charge in [-0.1, -0.05) is 6.58 Å². The maximum atomic E-state index is 12.2. The van der Waals surface area contributed by atoms with Gasteiger partial charge >= 0.3 is 0 Å². The molecule has 1 unspecified atom stereocenters. The minimum atomic E-state index is -0.395. The van der Waals surface area contributed by atoms with E-state index in [1.54, 1.807) is 30.5 Å². The number of hydrogen-bond donors (Lipinski definition) is 3. The molecule has 0 spiro atoms. The van der Waals surface area contributed by atoms with Gasteiger partial charge in [-0.15, -0.1) is 11.3 Å². The Balaban J connectivity index is 1.96. The fourth-order valence-electron chi connectivity index (χ4n) is 1.89. The molecule has 1 aromatic carbocycles. The van der Waals surface area contributed by atoms with Crippen LogP contribution in [0.2, 0.25) is 0 Å².